The Hall–Kier alpha value is -3.53. The van der Waals surface area contributed by atoms with Crippen molar-refractivity contribution in [3.05, 3.63) is 76.9 Å². The van der Waals surface area contributed by atoms with Crippen LogP contribution in [0.5, 0.6) is 0 Å². The average Bonchev–Trinajstić information content (AvgIpc) is 3.37. The van der Waals surface area contributed by atoms with Crippen LogP contribution in [0.4, 0.5) is 4.39 Å². The molecule has 0 aliphatic carbocycles. The smallest absolute Gasteiger partial charge is 0.141 e. The molecule has 3 heterocycles. The Bertz CT molecular complexity index is 1450. The van der Waals surface area contributed by atoms with E-state index in [1.807, 2.05) is 25.4 Å². The Balaban J connectivity index is 1.73. The van der Waals surface area contributed by atoms with Crippen LogP contribution in [0.2, 0.25) is 0 Å². The molecule has 5 rings (SSSR count). The van der Waals surface area contributed by atoms with Crippen molar-refractivity contribution in [1.82, 2.24) is 14.5 Å². The molecule has 2 N–H and O–H groups in total. The van der Waals surface area contributed by atoms with Gasteiger partial charge in [0.2, 0.25) is 0 Å². The molecule has 1 saturated heterocycles. The zero-order valence-electron chi connectivity index (χ0n) is 19.8. The van der Waals surface area contributed by atoms with E-state index in [2.05, 4.69) is 47.6 Å². The first-order valence-corrected chi connectivity index (χ1v) is 11.6. The molecule has 4 aromatic rings. The summed E-state index contributed by atoms with van der Waals surface area (Å²) in [5.41, 5.74) is 14.1. The number of hydrogen-bond acceptors (Lipinski definition) is 4. The number of rotatable bonds is 4. The number of aromatic nitrogens is 2. The first kappa shape index (κ1) is 22.3. The Morgan fingerprint density at radius 1 is 1.12 bits per heavy atom. The van der Waals surface area contributed by atoms with Gasteiger partial charge in [0.15, 0.2) is 0 Å². The molecule has 0 amide bonds. The first-order valence-electron chi connectivity index (χ1n) is 11.6. The number of benzene rings is 2. The van der Waals surface area contributed by atoms with Crippen LogP contribution < -0.4 is 5.73 Å². The van der Waals surface area contributed by atoms with Crippen molar-refractivity contribution < 1.29 is 4.39 Å². The van der Waals surface area contributed by atoms with Gasteiger partial charge in [-0.2, -0.15) is 5.26 Å². The van der Waals surface area contributed by atoms with Gasteiger partial charge in [0.05, 0.1) is 23.0 Å². The number of nitriles is 1. The van der Waals surface area contributed by atoms with Gasteiger partial charge in [-0.3, -0.25) is 9.88 Å². The third-order valence-electron chi connectivity index (χ3n) is 7.05. The second kappa shape index (κ2) is 8.68. The molecule has 34 heavy (non-hydrogen) atoms. The minimum atomic E-state index is -0.523. The summed E-state index contributed by atoms with van der Waals surface area (Å²) < 4.78 is 16.9. The molecule has 5 nitrogen and oxygen atoms in total. The Labute approximate surface area is 199 Å². The second-order valence-electron chi connectivity index (χ2n) is 9.36. The summed E-state index contributed by atoms with van der Waals surface area (Å²) in [5, 5.41) is 10.2. The fraction of sp³-hybridized carbons (Fsp3) is 0.286. The van der Waals surface area contributed by atoms with Crippen molar-refractivity contribution in [2.24, 2.45) is 12.8 Å². The molecule has 0 unspecified atom stereocenters. The van der Waals surface area contributed by atoms with Crippen LogP contribution in [-0.2, 0) is 13.6 Å². The van der Waals surface area contributed by atoms with Crippen LogP contribution >= 0.6 is 0 Å². The lowest BCUT2D eigenvalue weighted by atomic mass is 9.94. The first-order chi connectivity index (χ1) is 16.4. The van der Waals surface area contributed by atoms with Gasteiger partial charge < -0.3 is 10.3 Å². The predicted octanol–water partition coefficient (Wildman–Crippen LogP) is 5.07. The highest BCUT2D eigenvalue weighted by Crippen LogP contribution is 2.39. The molecule has 0 spiro atoms. The number of pyridine rings is 1. The third kappa shape index (κ3) is 3.87. The van der Waals surface area contributed by atoms with Crippen LogP contribution in [0.15, 0.2) is 48.7 Å². The van der Waals surface area contributed by atoms with Gasteiger partial charge in [0.1, 0.15) is 11.9 Å². The SMILES string of the molecule is Cc1ccc(-c2ncc3c(cc(CN4CC[C@H](N)C4)n3C)c2-c2ccc(C#N)c(F)c2)cc1C. The van der Waals surface area contributed by atoms with Gasteiger partial charge in [-0.25, -0.2) is 4.39 Å². The van der Waals surface area contributed by atoms with Crippen molar-refractivity contribution >= 4 is 10.9 Å². The zero-order valence-corrected chi connectivity index (χ0v) is 19.8. The summed E-state index contributed by atoms with van der Waals surface area (Å²) in [7, 11) is 2.05. The van der Waals surface area contributed by atoms with Gasteiger partial charge in [0.25, 0.3) is 0 Å². The summed E-state index contributed by atoms with van der Waals surface area (Å²) in [6.45, 7) is 6.85. The molecule has 1 aliphatic heterocycles. The van der Waals surface area contributed by atoms with Crippen molar-refractivity contribution in [2.75, 3.05) is 13.1 Å². The number of likely N-dealkylation sites (tertiary alicyclic amines) is 1. The largest absolute Gasteiger partial charge is 0.345 e. The third-order valence-corrected chi connectivity index (χ3v) is 7.05. The number of nitrogens with two attached hydrogens (primary N) is 1. The van der Waals surface area contributed by atoms with E-state index in [9.17, 15) is 9.65 Å². The van der Waals surface area contributed by atoms with Crippen molar-refractivity contribution in [3.63, 3.8) is 0 Å². The number of halogens is 1. The standard InChI is InChI=1S/C28H28FN5/c1-17-4-5-20(10-18(17)2)28-27(19-6-7-21(13-30)25(29)11-19)24-12-23(33(3)26(24)14-32-28)16-34-9-8-22(31)15-34/h4-7,10-12,14,22H,8-9,15-16,31H2,1-3H3/t22-/m0/s1. The van der Waals surface area contributed by atoms with Crippen molar-refractivity contribution in [3.8, 4) is 28.5 Å². The normalized spacial score (nSPS) is 16.3. The summed E-state index contributed by atoms with van der Waals surface area (Å²) in [4.78, 5) is 7.25. The molecule has 1 fully saturated rings. The Kier molecular flexibility index (Phi) is 5.68. The van der Waals surface area contributed by atoms with Crippen LogP contribution in [0.25, 0.3) is 33.3 Å². The van der Waals surface area contributed by atoms with Crippen molar-refractivity contribution in [2.45, 2.75) is 32.9 Å². The fourth-order valence-electron chi connectivity index (χ4n) is 4.90. The van der Waals surface area contributed by atoms with E-state index in [4.69, 9.17) is 10.7 Å². The van der Waals surface area contributed by atoms with Gasteiger partial charge in [0, 0.05) is 54.9 Å². The molecule has 6 heteroatoms. The maximum absolute atomic E-state index is 14.7. The molecular formula is C28H28FN5. The average molecular weight is 454 g/mol. The van der Waals surface area contributed by atoms with E-state index in [1.165, 1.54) is 22.9 Å². The lowest BCUT2D eigenvalue weighted by molar-refractivity contribution is 0.319. The minimum Gasteiger partial charge on any atom is -0.345 e. The van der Waals surface area contributed by atoms with E-state index < -0.39 is 5.82 Å². The molecule has 1 aliphatic rings. The zero-order chi connectivity index (χ0) is 24.0. The molecule has 0 radical (unpaired) electrons. The second-order valence-corrected chi connectivity index (χ2v) is 9.36. The molecule has 172 valence electrons. The quantitative estimate of drug-likeness (QED) is 0.468. The highest BCUT2D eigenvalue weighted by molar-refractivity contribution is 6.02. The number of fused-ring (bicyclic) bond motifs is 1. The van der Waals surface area contributed by atoms with Crippen LogP contribution in [0.3, 0.4) is 0 Å². The van der Waals surface area contributed by atoms with Gasteiger partial charge in [-0.05, 0) is 61.2 Å². The molecular weight excluding hydrogens is 425 g/mol. The predicted molar refractivity (Wildman–Crippen MR) is 134 cm³/mol. The summed E-state index contributed by atoms with van der Waals surface area (Å²) >= 11 is 0. The highest BCUT2D eigenvalue weighted by Gasteiger charge is 2.23. The Morgan fingerprint density at radius 3 is 2.59 bits per heavy atom. The van der Waals surface area contributed by atoms with Gasteiger partial charge >= 0.3 is 0 Å². The topological polar surface area (TPSA) is 70.9 Å². The molecule has 2 aromatic heterocycles. The number of aryl methyl sites for hydroxylation is 3. The maximum Gasteiger partial charge on any atom is 0.141 e. The number of hydrogen-bond donors (Lipinski definition) is 1. The molecule has 0 bridgehead atoms. The van der Waals surface area contributed by atoms with Crippen molar-refractivity contribution in [1.29, 1.82) is 5.26 Å². The minimum absolute atomic E-state index is 0.0377. The Morgan fingerprint density at radius 2 is 1.91 bits per heavy atom. The van der Waals surface area contributed by atoms with Crippen LogP contribution in [-0.4, -0.2) is 33.6 Å². The summed E-state index contributed by atoms with van der Waals surface area (Å²) in [6, 6.07) is 15.4. The lowest BCUT2D eigenvalue weighted by Crippen LogP contribution is -2.26. The highest BCUT2D eigenvalue weighted by atomic mass is 19.1. The van der Waals surface area contributed by atoms with E-state index >= 15 is 0 Å². The molecule has 0 saturated carbocycles. The van der Waals surface area contributed by atoms with Crippen LogP contribution in [0.1, 0.15) is 28.8 Å². The van der Waals surface area contributed by atoms with Gasteiger partial charge in [-0.1, -0.05) is 18.2 Å². The molecule has 2 aromatic carbocycles. The monoisotopic (exact) mass is 453 g/mol. The lowest BCUT2D eigenvalue weighted by Gasteiger charge is -2.15. The van der Waals surface area contributed by atoms with Gasteiger partial charge in [-0.15, -0.1) is 0 Å². The van der Waals surface area contributed by atoms with Crippen LogP contribution in [0, 0.1) is 31.0 Å². The summed E-state index contributed by atoms with van der Waals surface area (Å²) in [6.07, 6.45) is 2.92. The maximum atomic E-state index is 14.7. The van der Waals surface area contributed by atoms with E-state index in [0.29, 0.717) is 5.56 Å². The number of nitrogens with zero attached hydrogens (tertiary/aromatic N) is 4. The van der Waals surface area contributed by atoms with E-state index in [0.717, 1.165) is 53.8 Å². The molecule has 1 atom stereocenters. The fourth-order valence-corrected chi connectivity index (χ4v) is 4.90. The summed E-state index contributed by atoms with van der Waals surface area (Å²) in [5.74, 6) is -0.523. The van der Waals surface area contributed by atoms with E-state index in [1.54, 1.807) is 6.07 Å². The van der Waals surface area contributed by atoms with E-state index in [-0.39, 0.29) is 11.6 Å².